The molecule has 3 aromatic rings. The number of carbonyl (C=O) groups excluding carboxylic acids is 3. The number of nitrogens with zero attached hydrogens (tertiary/aromatic N) is 4. The molecule has 2 aromatic carbocycles. The Morgan fingerprint density at radius 1 is 1.08 bits per heavy atom. The summed E-state index contributed by atoms with van der Waals surface area (Å²) < 4.78 is 10.6. The molecule has 4 rings (SSSR count). The standard InChI is InChI=1S/C27H30N4O5/c1-30(18-19-9-10-21-22(15-19)29-12-11-28-21)24(32)16-27(20-7-4-5-8-23(20)36-3)17-25(33)31(26(27)34)13-6-14-35-2/h4-5,7-12,15H,6,13-14,16-18H2,1-3H3. The molecule has 2 heterocycles. The summed E-state index contributed by atoms with van der Waals surface area (Å²) in [5.74, 6) is -0.456. The predicted molar refractivity (Wildman–Crippen MR) is 133 cm³/mol. The van der Waals surface area contributed by atoms with Gasteiger partial charge in [0.1, 0.15) is 5.75 Å². The lowest BCUT2D eigenvalue weighted by molar-refractivity contribution is -0.142. The van der Waals surface area contributed by atoms with Gasteiger partial charge in [-0.2, -0.15) is 0 Å². The summed E-state index contributed by atoms with van der Waals surface area (Å²) in [4.78, 5) is 51.8. The van der Waals surface area contributed by atoms with E-state index in [0.717, 1.165) is 16.6 Å². The van der Waals surface area contributed by atoms with Gasteiger partial charge in [0.25, 0.3) is 0 Å². The van der Waals surface area contributed by atoms with Crippen LogP contribution >= 0.6 is 0 Å². The number of ether oxygens (including phenoxy) is 2. The molecule has 0 aliphatic carbocycles. The smallest absolute Gasteiger partial charge is 0.241 e. The van der Waals surface area contributed by atoms with Crippen LogP contribution in [0.4, 0.5) is 0 Å². The highest BCUT2D eigenvalue weighted by Gasteiger charge is 2.55. The number of hydrogen-bond acceptors (Lipinski definition) is 7. The maximum Gasteiger partial charge on any atom is 0.241 e. The molecule has 0 radical (unpaired) electrons. The number of fused-ring (bicyclic) bond motifs is 1. The maximum absolute atomic E-state index is 13.8. The fourth-order valence-electron chi connectivity index (χ4n) is 4.74. The number of amides is 3. The minimum absolute atomic E-state index is 0.0929. The lowest BCUT2D eigenvalue weighted by Gasteiger charge is -2.30. The van der Waals surface area contributed by atoms with E-state index < -0.39 is 5.41 Å². The Hall–Kier alpha value is -3.85. The zero-order valence-electron chi connectivity index (χ0n) is 20.8. The third kappa shape index (κ3) is 4.92. The number of hydrogen-bond donors (Lipinski definition) is 0. The van der Waals surface area contributed by atoms with Crippen LogP contribution in [0.5, 0.6) is 5.75 Å². The second-order valence-electron chi connectivity index (χ2n) is 8.96. The van der Waals surface area contributed by atoms with E-state index in [1.165, 1.54) is 12.0 Å². The van der Waals surface area contributed by atoms with E-state index in [2.05, 4.69) is 9.97 Å². The molecule has 1 saturated heterocycles. The zero-order chi connectivity index (χ0) is 25.7. The molecule has 1 aliphatic heterocycles. The van der Waals surface area contributed by atoms with Crippen LogP contribution in [0.25, 0.3) is 11.0 Å². The summed E-state index contributed by atoms with van der Waals surface area (Å²) in [7, 11) is 4.78. The van der Waals surface area contributed by atoms with E-state index in [0.29, 0.717) is 30.9 Å². The Morgan fingerprint density at radius 3 is 2.58 bits per heavy atom. The molecule has 1 atom stereocenters. The van der Waals surface area contributed by atoms with Crippen LogP contribution in [-0.2, 0) is 31.1 Å². The summed E-state index contributed by atoms with van der Waals surface area (Å²) >= 11 is 0. The molecular weight excluding hydrogens is 460 g/mol. The Bertz CT molecular complexity index is 1280. The van der Waals surface area contributed by atoms with Crippen molar-refractivity contribution in [3.63, 3.8) is 0 Å². The molecule has 1 aliphatic rings. The number of benzene rings is 2. The summed E-state index contributed by atoms with van der Waals surface area (Å²) in [5.41, 5.74) is 1.61. The monoisotopic (exact) mass is 490 g/mol. The second kappa shape index (κ2) is 10.8. The number of rotatable bonds is 10. The number of aromatic nitrogens is 2. The van der Waals surface area contributed by atoms with Crippen LogP contribution in [0.1, 0.15) is 30.4 Å². The van der Waals surface area contributed by atoms with E-state index in [1.54, 1.807) is 55.7 Å². The fourth-order valence-corrected chi connectivity index (χ4v) is 4.74. The van der Waals surface area contributed by atoms with Gasteiger partial charge in [0, 0.05) is 64.7 Å². The normalized spacial score (nSPS) is 17.6. The summed E-state index contributed by atoms with van der Waals surface area (Å²) in [6.45, 7) is 0.994. The van der Waals surface area contributed by atoms with Gasteiger partial charge in [-0.25, -0.2) is 0 Å². The van der Waals surface area contributed by atoms with Crippen LogP contribution in [0.15, 0.2) is 54.9 Å². The molecule has 9 nitrogen and oxygen atoms in total. The molecule has 0 spiro atoms. The largest absolute Gasteiger partial charge is 0.496 e. The third-order valence-electron chi connectivity index (χ3n) is 6.59. The van der Waals surface area contributed by atoms with Crippen molar-refractivity contribution in [1.29, 1.82) is 0 Å². The summed E-state index contributed by atoms with van der Waals surface area (Å²) in [6, 6.07) is 12.7. The summed E-state index contributed by atoms with van der Waals surface area (Å²) in [5, 5.41) is 0. The highest BCUT2D eigenvalue weighted by molar-refractivity contribution is 6.11. The van der Waals surface area contributed by atoms with Crippen molar-refractivity contribution in [1.82, 2.24) is 19.8 Å². The molecule has 0 N–H and O–H groups in total. The van der Waals surface area contributed by atoms with Gasteiger partial charge >= 0.3 is 0 Å². The van der Waals surface area contributed by atoms with E-state index in [9.17, 15) is 14.4 Å². The minimum atomic E-state index is -1.34. The second-order valence-corrected chi connectivity index (χ2v) is 8.96. The van der Waals surface area contributed by atoms with Crippen molar-refractivity contribution in [2.75, 3.05) is 34.4 Å². The van der Waals surface area contributed by atoms with E-state index >= 15 is 0 Å². The molecule has 1 unspecified atom stereocenters. The van der Waals surface area contributed by atoms with Crippen LogP contribution < -0.4 is 4.74 Å². The van der Waals surface area contributed by atoms with Gasteiger partial charge in [-0.05, 0) is 30.2 Å². The Morgan fingerprint density at radius 2 is 1.83 bits per heavy atom. The van der Waals surface area contributed by atoms with Crippen molar-refractivity contribution < 1.29 is 23.9 Å². The number of likely N-dealkylation sites (tertiary alicyclic amines) is 1. The van der Waals surface area contributed by atoms with Crippen molar-refractivity contribution in [3.05, 3.63) is 66.0 Å². The van der Waals surface area contributed by atoms with Crippen LogP contribution in [0.3, 0.4) is 0 Å². The van der Waals surface area contributed by atoms with Crippen molar-refractivity contribution in [2.45, 2.75) is 31.2 Å². The van der Waals surface area contributed by atoms with E-state index in [4.69, 9.17) is 9.47 Å². The number of methoxy groups -OCH3 is 2. The Labute approximate surface area is 210 Å². The Kier molecular flexibility index (Phi) is 7.59. The zero-order valence-corrected chi connectivity index (χ0v) is 20.8. The minimum Gasteiger partial charge on any atom is -0.496 e. The lowest BCUT2D eigenvalue weighted by atomic mass is 9.75. The number of carbonyl (C=O) groups is 3. The van der Waals surface area contributed by atoms with Gasteiger partial charge in [-0.15, -0.1) is 0 Å². The van der Waals surface area contributed by atoms with Gasteiger partial charge in [-0.3, -0.25) is 29.3 Å². The van der Waals surface area contributed by atoms with Crippen LogP contribution in [0, 0.1) is 0 Å². The molecule has 1 aromatic heterocycles. The molecule has 9 heteroatoms. The lowest BCUT2D eigenvalue weighted by Crippen LogP contribution is -2.43. The first-order valence-corrected chi connectivity index (χ1v) is 11.8. The molecule has 1 fully saturated rings. The maximum atomic E-state index is 13.8. The highest BCUT2D eigenvalue weighted by atomic mass is 16.5. The first kappa shape index (κ1) is 25.2. The summed E-state index contributed by atoms with van der Waals surface area (Å²) in [6.07, 6.45) is 3.54. The van der Waals surface area contributed by atoms with Gasteiger partial charge in [-0.1, -0.05) is 24.3 Å². The highest BCUT2D eigenvalue weighted by Crippen LogP contribution is 2.44. The van der Waals surface area contributed by atoms with Crippen molar-refractivity contribution in [2.24, 2.45) is 0 Å². The average molecular weight is 491 g/mol. The van der Waals surface area contributed by atoms with E-state index in [1.807, 2.05) is 18.2 Å². The molecule has 3 amide bonds. The topological polar surface area (TPSA) is 102 Å². The molecule has 36 heavy (non-hydrogen) atoms. The number of imide groups is 1. The van der Waals surface area contributed by atoms with E-state index in [-0.39, 0.29) is 37.1 Å². The first-order chi connectivity index (χ1) is 17.4. The average Bonchev–Trinajstić information content (AvgIpc) is 3.13. The Balaban J connectivity index is 1.61. The predicted octanol–water partition coefficient (Wildman–Crippen LogP) is 2.72. The SMILES string of the molecule is COCCCN1C(=O)CC(CC(=O)N(C)Cc2ccc3nccnc3c2)(c2ccccc2OC)C1=O. The molecule has 0 saturated carbocycles. The first-order valence-electron chi connectivity index (χ1n) is 11.8. The van der Waals surface area contributed by atoms with Crippen molar-refractivity contribution in [3.8, 4) is 5.75 Å². The molecule has 188 valence electrons. The van der Waals surface area contributed by atoms with Gasteiger partial charge in [0.05, 0.1) is 23.6 Å². The third-order valence-corrected chi connectivity index (χ3v) is 6.59. The van der Waals surface area contributed by atoms with Gasteiger partial charge < -0.3 is 14.4 Å². The van der Waals surface area contributed by atoms with Gasteiger partial charge in [0.15, 0.2) is 0 Å². The fraction of sp³-hybridized carbons (Fsp3) is 0.370. The van der Waals surface area contributed by atoms with Crippen LogP contribution in [-0.4, -0.2) is 71.9 Å². The molecule has 0 bridgehead atoms. The molecular formula is C27H30N4O5. The van der Waals surface area contributed by atoms with Gasteiger partial charge in [0.2, 0.25) is 17.7 Å². The van der Waals surface area contributed by atoms with Crippen LogP contribution in [0.2, 0.25) is 0 Å². The van der Waals surface area contributed by atoms with Crippen molar-refractivity contribution >= 4 is 28.8 Å². The number of para-hydroxylation sites is 1. The quantitative estimate of drug-likeness (QED) is 0.318.